The summed E-state index contributed by atoms with van der Waals surface area (Å²) in [6.45, 7) is 4.46. The topological polar surface area (TPSA) is 115 Å². The zero-order chi connectivity index (χ0) is 26.8. The molecule has 1 amide bonds. The molecule has 0 spiro atoms. The van der Waals surface area contributed by atoms with Crippen LogP contribution in [0, 0.1) is 12.8 Å². The zero-order valence-corrected chi connectivity index (χ0v) is 21.9. The molecule has 1 fully saturated rings. The Kier molecular flexibility index (Phi) is 7.35. The number of hydrogen-bond acceptors (Lipinski definition) is 5. The van der Waals surface area contributed by atoms with Gasteiger partial charge in [-0.3, -0.25) is 9.36 Å². The van der Waals surface area contributed by atoms with Gasteiger partial charge in [0.1, 0.15) is 11.6 Å². The fourth-order valence-electron chi connectivity index (χ4n) is 5.52. The maximum atomic E-state index is 13.4. The largest absolute Gasteiger partial charge is 0.490 e. The number of carboxylic acid groups (broad SMARTS) is 1. The van der Waals surface area contributed by atoms with E-state index in [4.69, 9.17) is 4.74 Å². The van der Waals surface area contributed by atoms with Crippen LogP contribution in [0.4, 0.5) is 5.69 Å². The van der Waals surface area contributed by atoms with Crippen molar-refractivity contribution in [1.82, 2.24) is 14.3 Å². The van der Waals surface area contributed by atoms with Gasteiger partial charge >= 0.3 is 11.7 Å². The summed E-state index contributed by atoms with van der Waals surface area (Å²) in [6.07, 6.45) is 8.40. The Morgan fingerprint density at radius 3 is 2.58 bits per heavy atom. The van der Waals surface area contributed by atoms with Crippen LogP contribution in [-0.2, 0) is 13.0 Å². The molecule has 0 radical (unpaired) electrons. The third kappa shape index (κ3) is 5.23. The van der Waals surface area contributed by atoms with E-state index in [2.05, 4.69) is 10.4 Å². The molecule has 1 aromatic heterocycles. The monoisotopic (exact) mass is 518 g/mol. The van der Waals surface area contributed by atoms with Gasteiger partial charge in [-0.05, 0) is 81.3 Å². The van der Waals surface area contributed by atoms with Crippen LogP contribution < -0.4 is 15.7 Å². The van der Waals surface area contributed by atoms with Crippen LogP contribution in [0.1, 0.15) is 84.0 Å². The predicted octanol–water partition coefficient (Wildman–Crippen LogP) is 4.98. The standard InChI is InChI=1S/C29H34N4O5/c1-18-16-21(28(35)36)11-14-24(18)30-27(34)23-13-12-22(33-29(37)32-15-7-6-10-26(32)31-33)17-25(23)38-19(2)20-8-4-3-5-9-20/h11-14,16-17,19-20H,3-10,15H2,1-2H3,(H,30,34)(H,35,36). The molecular weight excluding hydrogens is 484 g/mol. The second kappa shape index (κ2) is 10.8. The first-order valence-corrected chi connectivity index (χ1v) is 13.5. The number of ether oxygens (including phenoxy) is 1. The van der Waals surface area contributed by atoms with Crippen molar-refractivity contribution in [3.8, 4) is 11.4 Å². The summed E-state index contributed by atoms with van der Waals surface area (Å²) in [5, 5.41) is 16.7. The summed E-state index contributed by atoms with van der Waals surface area (Å²) >= 11 is 0. The third-order valence-electron chi connectivity index (χ3n) is 7.77. The van der Waals surface area contributed by atoms with Crippen LogP contribution in [0.5, 0.6) is 5.75 Å². The van der Waals surface area contributed by atoms with Gasteiger partial charge in [0, 0.05) is 24.7 Å². The average Bonchev–Trinajstić information content (AvgIpc) is 3.26. The van der Waals surface area contributed by atoms with E-state index < -0.39 is 5.97 Å². The Balaban J connectivity index is 1.48. The van der Waals surface area contributed by atoms with Crippen molar-refractivity contribution in [2.75, 3.05) is 5.32 Å². The molecule has 9 nitrogen and oxygen atoms in total. The fourth-order valence-corrected chi connectivity index (χ4v) is 5.52. The molecule has 2 heterocycles. The van der Waals surface area contributed by atoms with E-state index in [0.717, 1.165) is 37.9 Å². The van der Waals surface area contributed by atoms with Gasteiger partial charge in [-0.25, -0.2) is 9.59 Å². The molecule has 200 valence electrons. The molecule has 38 heavy (non-hydrogen) atoms. The molecule has 2 aliphatic rings. The van der Waals surface area contributed by atoms with Crippen molar-refractivity contribution in [3.63, 3.8) is 0 Å². The van der Waals surface area contributed by atoms with E-state index in [1.807, 2.05) is 6.92 Å². The number of nitrogens with zero attached hydrogens (tertiary/aromatic N) is 3. The van der Waals surface area contributed by atoms with Gasteiger partial charge in [0.2, 0.25) is 0 Å². The molecular formula is C29H34N4O5. The van der Waals surface area contributed by atoms with Crippen molar-refractivity contribution in [2.24, 2.45) is 5.92 Å². The SMILES string of the molecule is Cc1cc(C(=O)O)ccc1NC(=O)c1ccc(-n2nc3n(c2=O)CCCC3)cc1OC(C)C1CCCCC1. The van der Waals surface area contributed by atoms with Crippen molar-refractivity contribution >= 4 is 17.6 Å². The number of anilines is 1. The number of fused-ring (bicyclic) bond motifs is 1. The van der Waals surface area contributed by atoms with Gasteiger partial charge in [0.05, 0.1) is 22.9 Å². The lowest BCUT2D eigenvalue weighted by Crippen LogP contribution is -2.28. The molecule has 3 aromatic rings. The second-order valence-corrected chi connectivity index (χ2v) is 10.4. The lowest BCUT2D eigenvalue weighted by Gasteiger charge is -2.29. The summed E-state index contributed by atoms with van der Waals surface area (Å²) in [5.74, 6) is 0.184. The van der Waals surface area contributed by atoms with Crippen molar-refractivity contribution in [3.05, 3.63) is 69.4 Å². The van der Waals surface area contributed by atoms with E-state index in [1.54, 1.807) is 35.8 Å². The van der Waals surface area contributed by atoms with Crippen LogP contribution in [0.3, 0.4) is 0 Å². The van der Waals surface area contributed by atoms with Gasteiger partial charge in [-0.1, -0.05) is 19.3 Å². The third-order valence-corrected chi connectivity index (χ3v) is 7.77. The highest BCUT2D eigenvalue weighted by Crippen LogP contribution is 2.32. The van der Waals surface area contributed by atoms with Crippen molar-refractivity contribution in [1.29, 1.82) is 0 Å². The summed E-state index contributed by atoms with van der Waals surface area (Å²) in [5.41, 5.74) is 2.04. The first-order valence-electron chi connectivity index (χ1n) is 13.5. The Morgan fingerprint density at radius 1 is 1.08 bits per heavy atom. The number of aromatic carboxylic acids is 1. The van der Waals surface area contributed by atoms with Crippen molar-refractivity contribution in [2.45, 2.75) is 77.9 Å². The van der Waals surface area contributed by atoms with E-state index in [-0.39, 0.29) is 23.3 Å². The first-order chi connectivity index (χ1) is 18.3. The van der Waals surface area contributed by atoms with Crippen LogP contribution >= 0.6 is 0 Å². The number of benzene rings is 2. The van der Waals surface area contributed by atoms with Gasteiger partial charge < -0.3 is 15.2 Å². The highest BCUT2D eigenvalue weighted by molar-refractivity contribution is 6.07. The minimum atomic E-state index is -1.02. The number of hydrogen-bond donors (Lipinski definition) is 2. The Hall–Kier alpha value is -3.88. The van der Waals surface area contributed by atoms with Crippen LogP contribution in [-0.4, -0.2) is 37.4 Å². The van der Waals surface area contributed by atoms with Gasteiger partial charge in [-0.2, -0.15) is 4.68 Å². The molecule has 9 heteroatoms. The predicted molar refractivity (Wildman–Crippen MR) is 144 cm³/mol. The average molecular weight is 519 g/mol. The highest BCUT2D eigenvalue weighted by atomic mass is 16.5. The van der Waals surface area contributed by atoms with Crippen LogP contribution in [0.2, 0.25) is 0 Å². The number of carboxylic acids is 1. The van der Waals surface area contributed by atoms with E-state index in [1.165, 1.54) is 36.1 Å². The number of carbonyl (C=O) groups is 2. The minimum Gasteiger partial charge on any atom is -0.490 e. The Morgan fingerprint density at radius 2 is 1.87 bits per heavy atom. The quantitative estimate of drug-likeness (QED) is 0.456. The van der Waals surface area contributed by atoms with Gasteiger partial charge in [0.25, 0.3) is 5.91 Å². The molecule has 1 unspecified atom stereocenters. The molecule has 1 aliphatic carbocycles. The normalized spacial score (nSPS) is 16.5. The number of carbonyl (C=O) groups excluding carboxylic acids is 1. The van der Waals surface area contributed by atoms with Crippen molar-refractivity contribution < 1.29 is 19.4 Å². The van der Waals surface area contributed by atoms with Crippen LogP contribution in [0.25, 0.3) is 5.69 Å². The van der Waals surface area contributed by atoms with E-state index in [9.17, 15) is 19.5 Å². The molecule has 1 atom stereocenters. The molecule has 5 rings (SSSR count). The minimum absolute atomic E-state index is 0.0967. The summed E-state index contributed by atoms with van der Waals surface area (Å²) in [7, 11) is 0. The Labute approximate surface area is 221 Å². The molecule has 1 saturated carbocycles. The molecule has 2 N–H and O–H groups in total. The molecule has 1 aliphatic heterocycles. The molecule has 0 saturated heterocycles. The first kappa shape index (κ1) is 25.8. The number of aromatic nitrogens is 3. The number of amides is 1. The number of nitrogens with one attached hydrogen (secondary N) is 1. The smallest absolute Gasteiger partial charge is 0.350 e. The maximum Gasteiger partial charge on any atom is 0.350 e. The zero-order valence-electron chi connectivity index (χ0n) is 21.9. The molecule has 0 bridgehead atoms. The lowest BCUT2D eigenvalue weighted by atomic mass is 9.86. The molecule has 2 aromatic carbocycles. The number of rotatable bonds is 7. The van der Waals surface area contributed by atoms with Crippen LogP contribution in [0.15, 0.2) is 41.2 Å². The highest BCUT2D eigenvalue weighted by Gasteiger charge is 2.25. The van der Waals surface area contributed by atoms with Gasteiger partial charge in [0.15, 0.2) is 0 Å². The second-order valence-electron chi connectivity index (χ2n) is 10.4. The summed E-state index contributed by atoms with van der Waals surface area (Å²) in [4.78, 5) is 37.8. The fraction of sp³-hybridized carbons (Fsp3) is 0.448. The summed E-state index contributed by atoms with van der Waals surface area (Å²) in [6, 6.07) is 9.69. The van der Waals surface area contributed by atoms with E-state index in [0.29, 0.717) is 40.7 Å². The lowest BCUT2D eigenvalue weighted by molar-refractivity contribution is 0.0696. The van der Waals surface area contributed by atoms with Gasteiger partial charge in [-0.15, -0.1) is 5.10 Å². The Bertz CT molecular complexity index is 1420. The summed E-state index contributed by atoms with van der Waals surface area (Å²) < 4.78 is 9.56. The number of aryl methyl sites for hydroxylation is 2. The maximum absolute atomic E-state index is 13.4. The van der Waals surface area contributed by atoms with E-state index >= 15 is 0 Å².